The van der Waals surface area contributed by atoms with Crippen LogP contribution in [0.5, 0.6) is 0 Å². The van der Waals surface area contributed by atoms with Gasteiger partial charge in [0, 0.05) is 6.42 Å². The molecule has 0 aromatic heterocycles. The summed E-state index contributed by atoms with van der Waals surface area (Å²) in [7, 11) is 0. The van der Waals surface area contributed by atoms with Crippen LogP contribution in [0.3, 0.4) is 0 Å². The zero-order valence-corrected chi connectivity index (χ0v) is 35.2. The topological polar surface area (TPSA) is 149 Å². The Balaban J connectivity index is 2.08. The Bertz CT molecular complexity index is 956. The Morgan fingerprint density at radius 1 is 0.600 bits per heavy atom. The van der Waals surface area contributed by atoms with Crippen LogP contribution in [0.15, 0.2) is 36.5 Å². The van der Waals surface area contributed by atoms with Gasteiger partial charge in [-0.2, -0.15) is 0 Å². The van der Waals surface area contributed by atoms with E-state index in [4.69, 9.17) is 9.47 Å². The first-order chi connectivity index (χ1) is 26.8. The van der Waals surface area contributed by atoms with Gasteiger partial charge in [0.2, 0.25) is 5.91 Å². The maximum Gasteiger partial charge on any atom is 0.220 e. The molecule has 0 aromatic carbocycles. The van der Waals surface area contributed by atoms with Crippen LogP contribution >= 0.6 is 0 Å². The van der Waals surface area contributed by atoms with Crippen molar-refractivity contribution in [3.05, 3.63) is 36.5 Å². The number of unbranched alkanes of at least 4 members (excludes halogenated alkanes) is 23. The van der Waals surface area contributed by atoms with Crippen molar-refractivity contribution in [3.8, 4) is 0 Å². The van der Waals surface area contributed by atoms with E-state index in [2.05, 4.69) is 36.5 Å². The highest BCUT2D eigenvalue weighted by Crippen LogP contribution is 2.22. The first kappa shape index (κ1) is 51.4. The number of hydrogen-bond acceptors (Lipinski definition) is 8. The standard InChI is InChI=1S/C46H85NO8/c1-3-5-7-8-9-10-11-12-13-14-15-16-17-18-19-20-21-22-23-24-25-26-27-28-29-30-31-32-33-34-35-40(49)39(47-42(50)36-6-4-2)38-54-46-45(53)44(52)43(51)41(37-48)55-46/h26-27,30-31,34-35,39-41,43-46,48-49,51-53H,3-25,28-29,32-33,36-38H2,1-2H3,(H,47,50)/b27-26+,31-30+,35-34+. The van der Waals surface area contributed by atoms with Gasteiger partial charge in [-0.25, -0.2) is 0 Å². The van der Waals surface area contributed by atoms with Crippen molar-refractivity contribution in [3.63, 3.8) is 0 Å². The quantitative estimate of drug-likeness (QED) is 0.0270. The van der Waals surface area contributed by atoms with Gasteiger partial charge in [0.25, 0.3) is 0 Å². The summed E-state index contributed by atoms with van der Waals surface area (Å²) in [4.78, 5) is 12.4. The molecule has 0 aromatic rings. The van der Waals surface area contributed by atoms with E-state index in [1.54, 1.807) is 6.08 Å². The molecule has 1 saturated heterocycles. The number of carbonyl (C=O) groups is 1. The largest absolute Gasteiger partial charge is 0.394 e. The maximum atomic E-state index is 12.4. The third kappa shape index (κ3) is 27.6. The summed E-state index contributed by atoms with van der Waals surface area (Å²) in [6.07, 6.45) is 39.2. The third-order valence-electron chi connectivity index (χ3n) is 10.7. The first-order valence-electron chi connectivity index (χ1n) is 22.7. The van der Waals surface area contributed by atoms with Gasteiger partial charge in [0.05, 0.1) is 25.4 Å². The van der Waals surface area contributed by atoms with Crippen LogP contribution in [0.4, 0.5) is 0 Å². The van der Waals surface area contributed by atoms with Crippen LogP contribution in [0.1, 0.15) is 194 Å². The number of ether oxygens (including phenoxy) is 2. The Kier molecular flexibility index (Phi) is 34.3. The average Bonchev–Trinajstić information content (AvgIpc) is 3.19. The summed E-state index contributed by atoms with van der Waals surface area (Å²) in [6.45, 7) is 3.49. The van der Waals surface area contributed by atoms with E-state index in [-0.39, 0.29) is 12.5 Å². The van der Waals surface area contributed by atoms with E-state index in [9.17, 15) is 30.3 Å². The number of aliphatic hydroxyl groups excluding tert-OH is 5. The second kappa shape index (κ2) is 36.7. The van der Waals surface area contributed by atoms with Gasteiger partial charge in [-0.15, -0.1) is 0 Å². The van der Waals surface area contributed by atoms with Crippen molar-refractivity contribution in [2.24, 2.45) is 0 Å². The van der Waals surface area contributed by atoms with Gasteiger partial charge in [-0.1, -0.05) is 179 Å². The summed E-state index contributed by atoms with van der Waals surface area (Å²) in [6, 6.07) is -0.820. The SMILES string of the molecule is CCCCCCCCCCCCCCCCCCCCCC/C=C/CC/C=C/CC/C=C/C(O)C(COC1OC(CO)C(O)C(O)C1O)NC(=O)CCCC. The van der Waals surface area contributed by atoms with Gasteiger partial charge in [-0.05, 0) is 44.9 Å². The zero-order valence-electron chi connectivity index (χ0n) is 35.2. The van der Waals surface area contributed by atoms with E-state index >= 15 is 0 Å². The fourth-order valence-electron chi connectivity index (χ4n) is 6.99. The highest BCUT2D eigenvalue weighted by atomic mass is 16.7. The van der Waals surface area contributed by atoms with E-state index in [1.807, 2.05) is 13.0 Å². The lowest BCUT2D eigenvalue weighted by atomic mass is 9.99. The average molecular weight is 780 g/mol. The van der Waals surface area contributed by atoms with Crippen LogP contribution in [-0.2, 0) is 14.3 Å². The number of allylic oxidation sites excluding steroid dienone is 5. The molecule has 1 heterocycles. The normalized spacial score (nSPS) is 21.6. The fourth-order valence-corrected chi connectivity index (χ4v) is 6.99. The van der Waals surface area contributed by atoms with Gasteiger partial charge < -0.3 is 40.3 Å². The Morgan fingerprint density at radius 3 is 1.51 bits per heavy atom. The first-order valence-corrected chi connectivity index (χ1v) is 22.7. The minimum atomic E-state index is -1.57. The maximum absolute atomic E-state index is 12.4. The molecule has 0 saturated carbocycles. The molecule has 0 spiro atoms. The Morgan fingerprint density at radius 2 is 1.04 bits per heavy atom. The van der Waals surface area contributed by atoms with Gasteiger partial charge >= 0.3 is 0 Å². The van der Waals surface area contributed by atoms with Crippen molar-refractivity contribution in [1.29, 1.82) is 0 Å². The molecule has 322 valence electrons. The molecule has 1 rings (SSSR count). The smallest absolute Gasteiger partial charge is 0.220 e. The van der Waals surface area contributed by atoms with E-state index in [0.717, 1.165) is 32.1 Å². The number of nitrogens with one attached hydrogen (secondary N) is 1. The predicted octanol–water partition coefficient (Wildman–Crippen LogP) is 9.28. The number of hydrogen-bond donors (Lipinski definition) is 6. The molecular weight excluding hydrogens is 695 g/mol. The summed E-state index contributed by atoms with van der Waals surface area (Å²) in [5, 5.41) is 53.4. The van der Waals surface area contributed by atoms with Crippen molar-refractivity contribution < 1.29 is 39.8 Å². The molecule has 7 unspecified atom stereocenters. The number of rotatable bonds is 37. The third-order valence-corrected chi connectivity index (χ3v) is 10.7. The minimum absolute atomic E-state index is 0.209. The number of amides is 1. The van der Waals surface area contributed by atoms with Crippen LogP contribution < -0.4 is 5.32 Å². The second-order valence-corrected chi connectivity index (χ2v) is 15.8. The lowest BCUT2D eigenvalue weighted by molar-refractivity contribution is -0.302. The lowest BCUT2D eigenvalue weighted by Gasteiger charge is -2.40. The summed E-state index contributed by atoms with van der Waals surface area (Å²) < 4.78 is 11.0. The fraction of sp³-hybridized carbons (Fsp3) is 0.848. The highest BCUT2D eigenvalue weighted by Gasteiger charge is 2.44. The molecule has 55 heavy (non-hydrogen) atoms. The highest BCUT2D eigenvalue weighted by molar-refractivity contribution is 5.76. The molecule has 1 aliphatic heterocycles. The van der Waals surface area contributed by atoms with Crippen LogP contribution in [0, 0.1) is 0 Å². The van der Waals surface area contributed by atoms with Gasteiger partial charge in [-0.3, -0.25) is 4.79 Å². The second-order valence-electron chi connectivity index (χ2n) is 15.8. The molecule has 0 radical (unpaired) electrons. The van der Waals surface area contributed by atoms with Crippen LogP contribution in [-0.4, -0.2) is 87.5 Å². The van der Waals surface area contributed by atoms with Crippen molar-refractivity contribution in [1.82, 2.24) is 5.32 Å². The summed E-state index contributed by atoms with van der Waals surface area (Å²) >= 11 is 0. The summed E-state index contributed by atoms with van der Waals surface area (Å²) in [5.41, 5.74) is 0. The molecule has 9 heteroatoms. The van der Waals surface area contributed by atoms with Crippen molar-refractivity contribution in [2.45, 2.75) is 236 Å². The minimum Gasteiger partial charge on any atom is -0.394 e. The monoisotopic (exact) mass is 780 g/mol. The molecule has 9 nitrogen and oxygen atoms in total. The molecule has 0 bridgehead atoms. The van der Waals surface area contributed by atoms with E-state index < -0.39 is 49.5 Å². The van der Waals surface area contributed by atoms with E-state index in [1.165, 1.54) is 135 Å². The lowest BCUT2D eigenvalue weighted by Crippen LogP contribution is -2.60. The molecule has 1 aliphatic rings. The van der Waals surface area contributed by atoms with Crippen LogP contribution in [0.25, 0.3) is 0 Å². The number of aliphatic hydroxyl groups is 5. The molecule has 1 fully saturated rings. The molecule has 1 amide bonds. The molecular formula is C46H85NO8. The molecule has 7 atom stereocenters. The van der Waals surface area contributed by atoms with Crippen molar-refractivity contribution in [2.75, 3.05) is 13.2 Å². The Labute approximate surface area is 336 Å². The van der Waals surface area contributed by atoms with E-state index in [0.29, 0.717) is 12.8 Å². The van der Waals surface area contributed by atoms with Gasteiger partial charge in [0.1, 0.15) is 24.4 Å². The molecule has 6 N–H and O–H groups in total. The zero-order chi connectivity index (χ0) is 40.2. The Hall–Kier alpha value is -1.59. The predicted molar refractivity (Wildman–Crippen MR) is 226 cm³/mol. The van der Waals surface area contributed by atoms with Crippen LogP contribution in [0.2, 0.25) is 0 Å². The molecule has 0 aliphatic carbocycles. The number of carbonyl (C=O) groups excluding carboxylic acids is 1. The summed E-state index contributed by atoms with van der Waals surface area (Å²) in [5.74, 6) is -0.227. The van der Waals surface area contributed by atoms with Gasteiger partial charge in [0.15, 0.2) is 6.29 Å². The van der Waals surface area contributed by atoms with Crippen molar-refractivity contribution >= 4 is 5.91 Å².